The molecule has 0 saturated carbocycles. The van der Waals surface area contributed by atoms with Crippen LogP contribution in [-0.2, 0) is 9.84 Å². The highest BCUT2D eigenvalue weighted by molar-refractivity contribution is 7.91. The fraction of sp³-hybridized carbons (Fsp3) is 0.217. The zero-order chi connectivity index (χ0) is 20.9. The molecule has 152 valence electrons. The molecule has 1 fully saturated rings. The summed E-state index contributed by atoms with van der Waals surface area (Å²) >= 11 is 0. The van der Waals surface area contributed by atoms with Crippen LogP contribution in [-0.4, -0.2) is 41.3 Å². The number of benzene rings is 2. The van der Waals surface area contributed by atoms with Crippen molar-refractivity contribution in [3.63, 3.8) is 0 Å². The van der Waals surface area contributed by atoms with Gasteiger partial charge >= 0.3 is 0 Å². The van der Waals surface area contributed by atoms with Crippen LogP contribution in [0.1, 0.15) is 23.7 Å². The van der Waals surface area contributed by atoms with Crippen molar-refractivity contribution >= 4 is 37.6 Å². The Morgan fingerprint density at radius 3 is 2.73 bits per heavy atom. The van der Waals surface area contributed by atoms with Gasteiger partial charge in [-0.3, -0.25) is 4.79 Å². The number of fused-ring (bicyclic) bond motifs is 2. The average Bonchev–Trinajstić information content (AvgIpc) is 3.30. The third kappa shape index (κ3) is 3.25. The van der Waals surface area contributed by atoms with Gasteiger partial charge in [-0.2, -0.15) is 0 Å². The molecule has 30 heavy (non-hydrogen) atoms. The van der Waals surface area contributed by atoms with Crippen LogP contribution in [0.5, 0.6) is 0 Å². The average molecular weight is 420 g/mol. The summed E-state index contributed by atoms with van der Waals surface area (Å²) < 4.78 is 23.7. The Hall–Kier alpha value is -3.19. The maximum Gasteiger partial charge on any atom is 0.251 e. The monoisotopic (exact) mass is 419 g/mol. The third-order valence-electron chi connectivity index (χ3n) is 5.81. The summed E-state index contributed by atoms with van der Waals surface area (Å²) in [6, 6.07) is 15.6. The van der Waals surface area contributed by atoms with Crippen molar-refractivity contribution in [1.82, 2.24) is 15.3 Å². The van der Waals surface area contributed by atoms with E-state index >= 15 is 0 Å². The molecule has 1 aliphatic heterocycles. The van der Waals surface area contributed by atoms with Gasteiger partial charge in [0.15, 0.2) is 9.84 Å². The Balaban J connectivity index is 1.52. The lowest BCUT2D eigenvalue weighted by atomic mass is 9.95. The van der Waals surface area contributed by atoms with Crippen LogP contribution in [0.4, 0.5) is 0 Å². The quantitative estimate of drug-likeness (QED) is 0.530. The lowest BCUT2D eigenvalue weighted by molar-refractivity contribution is 0.0915. The highest BCUT2D eigenvalue weighted by atomic mass is 32.2. The molecule has 1 aliphatic rings. The standard InChI is InChI=1S/C23H21N3O3S/c1-23(9-12-30(28,29)14-23)26-22(27)16-5-6-17-15(13-16)3-2-4-18(17)19-7-10-24-21-20(19)8-11-25-21/h2-8,10-11,13H,9,12,14H2,1H3,(H,24,25)(H,26,27). The second kappa shape index (κ2) is 6.67. The number of carbonyl (C=O) groups is 1. The van der Waals surface area contributed by atoms with E-state index in [1.807, 2.05) is 42.6 Å². The zero-order valence-corrected chi connectivity index (χ0v) is 17.3. The molecular weight excluding hydrogens is 398 g/mol. The summed E-state index contributed by atoms with van der Waals surface area (Å²) in [6.07, 6.45) is 4.09. The van der Waals surface area contributed by atoms with Crippen molar-refractivity contribution in [3.8, 4) is 11.1 Å². The molecular formula is C23H21N3O3S. The number of aromatic nitrogens is 2. The zero-order valence-electron chi connectivity index (χ0n) is 16.5. The fourth-order valence-electron chi connectivity index (χ4n) is 4.31. The highest BCUT2D eigenvalue weighted by Gasteiger charge is 2.39. The van der Waals surface area contributed by atoms with Gasteiger partial charge in [0.2, 0.25) is 0 Å². The molecule has 1 amide bonds. The Kier molecular flexibility index (Phi) is 4.18. The van der Waals surface area contributed by atoms with E-state index < -0.39 is 15.4 Å². The van der Waals surface area contributed by atoms with Gasteiger partial charge in [-0.25, -0.2) is 13.4 Å². The van der Waals surface area contributed by atoms with E-state index in [1.54, 1.807) is 19.2 Å². The SMILES string of the molecule is CC1(NC(=O)c2ccc3c(-c4ccnc5[nH]ccc45)cccc3c2)CCS(=O)(=O)C1. The Labute approximate surface area is 174 Å². The van der Waals surface area contributed by atoms with Crippen molar-refractivity contribution in [3.05, 3.63) is 66.5 Å². The van der Waals surface area contributed by atoms with Crippen LogP contribution in [0.15, 0.2) is 60.9 Å². The van der Waals surface area contributed by atoms with Crippen molar-refractivity contribution in [1.29, 1.82) is 0 Å². The summed E-state index contributed by atoms with van der Waals surface area (Å²) in [7, 11) is -3.09. The van der Waals surface area contributed by atoms with Crippen LogP contribution in [0.3, 0.4) is 0 Å². The molecule has 1 unspecified atom stereocenters. The van der Waals surface area contributed by atoms with Gasteiger partial charge in [0.25, 0.3) is 5.91 Å². The third-order valence-corrected chi connectivity index (χ3v) is 7.71. The number of aromatic amines is 1. The lowest BCUT2D eigenvalue weighted by Crippen LogP contribution is -2.46. The summed E-state index contributed by atoms with van der Waals surface area (Å²) in [5, 5.41) is 5.96. The maximum absolute atomic E-state index is 12.8. The lowest BCUT2D eigenvalue weighted by Gasteiger charge is -2.24. The molecule has 3 heterocycles. The minimum absolute atomic E-state index is 0.0157. The highest BCUT2D eigenvalue weighted by Crippen LogP contribution is 2.33. The fourth-order valence-corrected chi connectivity index (χ4v) is 6.40. The predicted octanol–water partition coefficient (Wildman–Crippen LogP) is 3.69. The number of nitrogens with zero attached hydrogens (tertiary/aromatic N) is 1. The molecule has 6 nitrogen and oxygen atoms in total. The molecule has 0 bridgehead atoms. The minimum Gasteiger partial charge on any atom is -0.346 e. The molecule has 4 aromatic rings. The number of amides is 1. The van der Waals surface area contributed by atoms with E-state index in [1.165, 1.54) is 0 Å². The summed E-state index contributed by atoms with van der Waals surface area (Å²) in [4.78, 5) is 20.3. The largest absolute Gasteiger partial charge is 0.346 e. The maximum atomic E-state index is 12.8. The van der Waals surface area contributed by atoms with Crippen LogP contribution >= 0.6 is 0 Å². The predicted molar refractivity (Wildman–Crippen MR) is 118 cm³/mol. The van der Waals surface area contributed by atoms with Crippen LogP contribution < -0.4 is 5.32 Å². The second-order valence-electron chi connectivity index (χ2n) is 8.20. The topological polar surface area (TPSA) is 91.9 Å². The van der Waals surface area contributed by atoms with Gasteiger partial charge in [-0.15, -0.1) is 0 Å². The number of hydrogen-bond donors (Lipinski definition) is 2. The van der Waals surface area contributed by atoms with Gasteiger partial charge in [-0.1, -0.05) is 24.3 Å². The molecule has 0 aliphatic carbocycles. The van der Waals surface area contributed by atoms with Crippen LogP contribution in [0.25, 0.3) is 32.9 Å². The molecule has 0 spiro atoms. The van der Waals surface area contributed by atoms with E-state index in [9.17, 15) is 13.2 Å². The Morgan fingerprint density at radius 2 is 1.93 bits per heavy atom. The van der Waals surface area contributed by atoms with E-state index in [-0.39, 0.29) is 17.4 Å². The number of nitrogens with one attached hydrogen (secondary N) is 2. The van der Waals surface area contributed by atoms with Gasteiger partial charge in [0.05, 0.1) is 17.0 Å². The molecule has 2 aromatic carbocycles. The number of H-pyrrole nitrogens is 1. The van der Waals surface area contributed by atoms with Crippen molar-refractivity contribution in [2.75, 3.05) is 11.5 Å². The van der Waals surface area contributed by atoms with Crippen LogP contribution in [0, 0.1) is 0 Å². The van der Waals surface area contributed by atoms with E-state index in [2.05, 4.69) is 21.4 Å². The van der Waals surface area contributed by atoms with Crippen molar-refractivity contribution in [2.24, 2.45) is 0 Å². The molecule has 5 rings (SSSR count). The normalized spacial score (nSPS) is 20.6. The Bertz CT molecular complexity index is 1410. The molecule has 1 atom stereocenters. The smallest absolute Gasteiger partial charge is 0.251 e. The van der Waals surface area contributed by atoms with E-state index in [0.29, 0.717) is 12.0 Å². The molecule has 2 aromatic heterocycles. The van der Waals surface area contributed by atoms with Gasteiger partial charge in [0.1, 0.15) is 5.65 Å². The van der Waals surface area contributed by atoms with Gasteiger partial charge < -0.3 is 10.3 Å². The number of sulfone groups is 1. The first-order chi connectivity index (χ1) is 14.3. The summed E-state index contributed by atoms with van der Waals surface area (Å²) in [6.45, 7) is 1.79. The first-order valence-electron chi connectivity index (χ1n) is 9.82. The molecule has 1 saturated heterocycles. The van der Waals surface area contributed by atoms with Crippen molar-refractivity contribution in [2.45, 2.75) is 18.9 Å². The first-order valence-corrected chi connectivity index (χ1v) is 11.6. The van der Waals surface area contributed by atoms with E-state index in [4.69, 9.17) is 0 Å². The number of pyridine rings is 1. The molecule has 2 N–H and O–H groups in total. The van der Waals surface area contributed by atoms with Crippen LogP contribution in [0.2, 0.25) is 0 Å². The van der Waals surface area contributed by atoms with Gasteiger partial charge in [-0.05, 0) is 59.5 Å². The first kappa shape index (κ1) is 18.8. The van der Waals surface area contributed by atoms with E-state index in [0.717, 1.165) is 32.9 Å². The summed E-state index contributed by atoms with van der Waals surface area (Å²) in [5.41, 5.74) is 2.78. The number of rotatable bonds is 3. The molecule has 0 radical (unpaired) electrons. The van der Waals surface area contributed by atoms with Gasteiger partial charge in [0, 0.05) is 23.3 Å². The minimum atomic E-state index is -3.09. The Morgan fingerprint density at radius 1 is 1.10 bits per heavy atom. The molecule has 7 heteroatoms. The number of carbonyl (C=O) groups excluding carboxylic acids is 1. The summed E-state index contributed by atoms with van der Waals surface area (Å²) in [5.74, 6) is -0.151. The number of hydrogen-bond acceptors (Lipinski definition) is 4. The van der Waals surface area contributed by atoms with Crippen molar-refractivity contribution < 1.29 is 13.2 Å². The second-order valence-corrected chi connectivity index (χ2v) is 10.4.